The number of nitrogens with two attached hydrogens (primary N) is 1. The molecule has 0 bridgehead atoms. The number of hydrogen-bond donors (Lipinski definition) is 1. The topological polar surface area (TPSA) is 70.8 Å². The lowest BCUT2D eigenvalue weighted by Crippen LogP contribution is -2.41. The first-order valence-electron chi connectivity index (χ1n) is 7.52. The van der Waals surface area contributed by atoms with E-state index < -0.39 is 26.0 Å². The molecule has 0 amide bonds. The lowest BCUT2D eigenvalue weighted by molar-refractivity contribution is -0.169. The van der Waals surface area contributed by atoms with Crippen LogP contribution >= 0.6 is 0 Å². The summed E-state index contributed by atoms with van der Waals surface area (Å²) in [6, 6.07) is 0. The zero-order valence-electron chi connectivity index (χ0n) is 14.9. The zero-order valence-corrected chi connectivity index (χ0v) is 15.9. The van der Waals surface area contributed by atoms with Crippen molar-refractivity contribution in [1.29, 1.82) is 0 Å². The van der Waals surface area contributed by atoms with E-state index in [0.29, 0.717) is 19.4 Å². The Morgan fingerprint density at radius 3 is 2.05 bits per heavy atom. The predicted molar refractivity (Wildman–Crippen MR) is 87.3 cm³/mol. The van der Waals surface area contributed by atoms with Crippen LogP contribution in [0.3, 0.4) is 0 Å². The highest BCUT2D eigenvalue weighted by Gasteiger charge is 2.37. The molecule has 0 aliphatic rings. The fourth-order valence-electron chi connectivity index (χ4n) is 1.42. The summed E-state index contributed by atoms with van der Waals surface area (Å²) in [4.78, 5) is 16.6. The van der Waals surface area contributed by atoms with Crippen molar-refractivity contribution in [1.82, 2.24) is 0 Å². The molecule has 1 atom stereocenters. The molecular weight excluding hydrogens is 286 g/mol. The van der Waals surface area contributed by atoms with E-state index in [0.717, 1.165) is 0 Å². The first-order chi connectivity index (χ1) is 9.30. The van der Waals surface area contributed by atoms with E-state index in [1.807, 2.05) is 20.8 Å². The van der Waals surface area contributed by atoms with Gasteiger partial charge in [0.25, 0.3) is 0 Å². The Morgan fingerprint density at radius 2 is 1.67 bits per heavy atom. The molecule has 5 nitrogen and oxygen atoms in total. The van der Waals surface area contributed by atoms with Crippen molar-refractivity contribution in [2.24, 2.45) is 5.90 Å². The lowest BCUT2D eigenvalue weighted by atomic mass is 10.1. The van der Waals surface area contributed by atoms with Crippen molar-refractivity contribution in [2.75, 3.05) is 6.61 Å². The molecule has 2 N–H and O–H groups in total. The molecule has 6 heteroatoms. The van der Waals surface area contributed by atoms with Gasteiger partial charge in [-0.15, -0.1) is 0 Å². The maximum Gasteiger partial charge on any atom is 0.337 e. The molecule has 0 radical (unpaired) electrons. The third kappa shape index (κ3) is 7.95. The Hall–Kier alpha value is -0.433. The minimum Gasteiger partial charge on any atom is -0.458 e. The average Bonchev–Trinajstić information content (AvgIpc) is 2.24. The Kier molecular flexibility index (Phi) is 7.56. The van der Waals surface area contributed by atoms with Gasteiger partial charge in [-0.1, -0.05) is 20.8 Å². The molecule has 0 spiro atoms. The van der Waals surface area contributed by atoms with Crippen molar-refractivity contribution >= 4 is 14.3 Å². The third-order valence-electron chi connectivity index (χ3n) is 3.71. The third-order valence-corrected chi connectivity index (χ3v) is 8.25. The van der Waals surface area contributed by atoms with E-state index in [1.165, 1.54) is 0 Å². The summed E-state index contributed by atoms with van der Waals surface area (Å²) in [6.07, 6.45) is 0.487. The minimum absolute atomic E-state index is 0.182. The molecule has 0 saturated heterocycles. The van der Waals surface area contributed by atoms with Crippen LogP contribution in [0.4, 0.5) is 0 Å². The summed E-state index contributed by atoms with van der Waals surface area (Å²) >= 11 is 0. The molecule has 0 aromatic rings. The molecule has 0 aromatic heterocycles. The highest BCUT2D eigenvalue weighted by atomic mass is 28.4. The van der Waals surface area contributed by atoms with E-state index in [2.05, 4.69) is 33.9 Å². The number of ether oxygens (including phenoxy) is 1. The van der Waals surface area contributed by atoms with E-state index in [-0.39, 0.29) is 5.04 Å². The highest BCUT2D eigenvalue weighted by Crippen LogP contribution is 2.36. The van der Waals surface area contributed by atoms with Crippen molar-refractivity contribution < 1.29 is 18.8 Å². The molecule has 0 saturated carbocycles. The van der Waals surface area contributed by atoms with Gasteiger partial charge in [-0.05, 0) is 51.7 Å². The molecule has 0 heterocycles. The van der Waals surface area contributed by atoms with Gasteiger partial charge in [0, 0.05) is 6.61 Å². The van der Waals surface area contributed by atoms with Crippen molar-refractivity contribution in [3.8, 4) is 0 Å². The van der Waals surface area contributed by atoms with Gasteiger partial charge in [-0.25, -0.2) is 10.7 Å². The summed E-state index contributed by atoms with van der Waals surface area (Å²) in [7, 11) is -1.74. The number of hydrogen-bond acceptors (Lipinski definition) is 5. The first kappa shape index (κ1) is 20.6. The van der Waals surface area contributed by atoms with Gasteiger partial charge in [0.15, 0.2) is 14.4 Å². The molecule has 0 fully saturated rings. The highest BCUT2D eigenvalue weighted by molar-refractivity contribution is 6.74. The maximum absolute atomic E-state index is 11.9. The number of carbonyl (C=O) groups excluding carboxylic acids is 1. The smallest absolute Gasteiger partial charge is 0.337 e. The van der Waals surface area contributed by atoms with Gasteiger partial charge >= 0.3 is 5.97 Å². The van der Waals surface area contributed by atoms with Crippen LogP contribution in [-0.2, 0) is 18.8 Å². The maximum atomic E-state index is 11.9. The minimum atomic E-state index is -1.74. The van der Waals surface area contributed by atoms with Gasteiger partial charge in [0.2, 0.25) is 0 Å². The zero-order chi connectivity index (χ0) is 16.9. The van der Waals surface area contributed by atoms with E-state index in [4.69, 9.17) is 19.9 Å². The quantitative estimate of drug-likeness (QED) is 0.337. The van der Waals surface area contributed by atoms with Crippen LogP contribution in [0.15, 0.2) is 0 Å². The van der Waals surface area contributed by atoms with E-state index in [9.17, 15) is 4.79 Å². The molecule has 0 aromatic carbocycles. The molecular formula is C15H33NO4Si. The van der Waals surface area contributed by atoms with Gasteiger partial charge in [-0.3, -0.25) is 4.84 Å². The molecule has 0 aliphatic heterocycles. The molecule has 0 rings (SSSR count). The van der Waals surface area contributed by atoms with E-state index >= 15 is 0 Å². The number of rotatable bonds is 7. The summed E-state index contributed by atoms with van der Waals surface area (Å²) in [5.74, 6) is 4.78. The second-order valence-corrected chi connectivity index (χ2v) is 12.7. The van der Waals surface area contributed by atoms with Gasteiger partial charge in [0.05, 0.1) is 0 Å². The Labute approximate surface area is 130 Å². The van der Waals surface area contributed by atoms with Crippen LogP contribution in [0.5, 0.6) is 0 Å². The monoisotopic (exact) mass is 319 g/mol. The van der Waals surface area contributed by atoms with Crippen LogP contribution in [-0.4, -0.2) is 32.6 Å². The Balaban J connectivity index is 4.23. The largest absolute Gasteiger partial charge is 0.458 e. The number of carbonyl (C=O) groups is 1. The lowest BCUT2D eigenvalue weighted by Gasteiger charge is -2.36. The SMILES string of the molecule is CC(C)(C)OC(=O)[C@@H](CCCO[Si](C)(C)C(C)(C)C)ON. The van der Waals surface area contributed by atoms with Crippen molar-refractivity contribution in [3.05, 3.63) is 0 Å². The van der Waals surface area contributed by atoms with Crippen molar-refractivity contribution in [2.45, 2.75) is 84.2 Å². The van der Waals surface area contributed by atoms with Gasteiger partial charge < -0.3 is 9.16 Å². The van der Waals surface area contributed by atoms with Gasteiger partial charge in [-0.2, -0.15) is 0 Å². The van der Waals surface area contributed by atoms with Crippen LogP contribution in [0, 0.1) is 0 Å². The summed E-state index contributed by atoms with van der Waals surface area (Å²) in [6.45, 7) is 17.1. The average molecular weight is 320 g/mol. The Morgan fingerprint density at radius 1 is 1.14 bits per heavy atom. The molecule has 126 valence electrons. The van der Waals surface area contributed by atoms with Crippen LogP contribution in [0.2, 0.25) is 18.1 Å². The summed E-state index contributed by atoms with van der Waals surface area (Å²) in [5, 5.41) is 0.182. The molecule has 0 unspecified atom stereocenters. The fraction of sp³-hybridized carbons (Fsp3) is 0.933. The second kappa shape index (κ2) is 7.72. The first-order valence-corrected chi connectivity index (χ1v) is 10.4. The van der Waals surface area contributed by atoms with Crippen LogP contribution in [0.25, 0.3) is 0 Å². The fourth-order valence-corrected chi connectivity index (χ4v) is 2.51. The van der Waals surface area contributed by atoms with E-state index in [1.54, 1.807) is 0 Å². The molecule has 21 heavy (non-hydrogen) atoms. The van der Waals surface area contributed by atoms with Crippen LogP contribution < -0.4 is 5.90 Å². The van der Waals surface area contributed by atoms with Crippen molar-refractivity contribution in [3.63, 3.8) is 0 Å². The van der Waals surface area contributed by atoms with Gasteiger partial charge in [0.1, 0.15) is 5.60 Å². The second-order valence-electron chi connectivity index (χ2n) is 7.91. The standard InChI is InChI=1S/C15H33NO4Si/c1-14(2,3)19-13(17)12(20-16)10-9-11-18-21(7,8)15(4,5)6/h12H,9-11,16H2,1-8H3/t12-/m1/s1. The Bertz CT molecular complexity index is 332. The summed E-state index contributed by atoms with van der Waals surface area (Å²) in [5.41, 5.74) is -0.536. The summed E-state index contributed by atoms with van der Waals surface area (Å²) < 4.78 is 11.3. The van der Waals surface area contributed by atoms with Crippen LogP contribution in [0.1, 0.15) is 54.4 Å². The number of esters is 1. The predicted octanol–water partition coefficient (Wildman–Crippen LogP) is 3.39. The molecule has 0 aliphatic carbocycles. The normalized spacial score (nSPS) is 14.9.